The van der Waals surface area contributed by atoms with Crippen LogP contribution in [0, 0.1) is 5.92 Å². The summed E-state index contributed by atoms with van der Waals surface area (Å²) < 4.78 is 5.62. The van der Waals surface area contributed by atoms with Crippen molar-refractivity contribution in [2.75, 3.05) is 6.61 Å². The lowest BCUT2D eigenvalue weighted by Gasteiger charge is -2.26. The Labute approximate surface area is 87.0 Å². The quantitative estimate of drug-likeness (QED) is 0.679. The number of hydrogen-bond donors (Lipinski definition) is 0. The Morgan fingerprint density at radius 3 is 2.86 bits per heavy atom. The minimum Gasteiger partial charge on any atom is -0.370 e. The van der Waals surface area contributed by atoms with Crippen molar-refractivity contribution in [2.24, 2.45) is 5.92 Å². The first kappa shape index (κ1) is 11.7. The first-order chi connectivity index (χ1) is 6.72. The third-order valence-electron chi connectivity index (χ3n) is 2.90. The van der Waals surface area contributed by atoms with E-state index in [2.05, 4.69) is 6.92 Å². The number of hydrogen-bond acceptors (Lipinski definition) is 2. The normalized spacial score (nSPS) is 27.6. The summed E-state index contributed by atoms with van der Waals surface area (Å²) in [4.78, 5) is 11.2. The Balaban J connectivity index is 2.14. The van der Waals surface area contributed by atoms with Gasteiger partial charge in [-0.15, -0.1) is 0 Å². The topological polar surface area (TPSA) is 26.3 Å². The van der Waals surface area contributed by atoms with E-state index in [1.54, 1.807) is 0 Å². The highest BCUT2D eigenvalue weighted by Crippen LogP contribution is 2.25. The zero-order chi connectivity index (χ0) is 10.4. The fraction of sp³-hybridized carbons (Fsp3) is 0.917. The molecule has 0 N–H and O–H groups in total. The van der Waals surface area contributed by atoms with E-state index in [1.807, 2.05) is 6.92 Å². The van der Waals surface area contributed by atoms with Gasteiger partial charge in [-0.2, -0.15) is 0 Å². The van der Waals surface area contributed by atoms with E-state index in [0.717, 1.165) is 25.2 Å². The molecule has 14 heavy (non-hydrogen) atoms. The molecule has 0 bridgehead atoms. The summed E-state index contributed by atoms with van der Waals surface area (Å²) in [5, 5.41) is 0. The number of Topliss-reactive ketones (excluding diaryl/α,β-unsaturated/α-hetero) is 1. The van der Waals surface area contributed by atoms with Gasteiger partial charge < -0.3 is 4.74 Å². The van der Waals surface area contributed by atoms with Crippen LogP contribution in [0.5, 0.6) is 0 Å². The van der Waals surface area contributed by atoms with E-state index in [0.29, 0.717) is 19.1 Å². The minimum absolute atomic E-state index is 0.255. The lowest BCUT2D eigenvalue weighted by atomic mass is 9.89. The highest BCUT2D eigenvalue weighted by Gasteiger charge is 2.19. The van der Waals surface area contributed by atoms with Gasteiger partial charge in [-0.3, -0.25) is 4.79 Å². The average Bonchev–Trinajstić information content (AvgIpc) is 2.15. The molecule has 1 aliphatic rings. The molecule has 0 amide bonds. The molecule has 0 aromatic carbocycles. The predicted molar refractivity (Wildman–Crippen MR) is 57.3 cm³/mol. The van der Waals surface area contributed by atoms with E-state index < -0.39 is 0 Å². The number of carbonyl (C=O) groups is 1. The van der Waals surface area contributed by atoms with Gasteiger partial charge in [0.2, 0.25) is 0 Å². The number of carbonyl (C=O) groups excluding carboxylic acids is 1. The lowest BCUT2D eigenvalue weighted by Crippen LogP contribution is -2.24. The van der Waals surface area contributed by atoms with Crippen LogP contribution in [0.15, 0.2) is 0 Å². The van der Waals surface area contributed by atoms with Gasteiger partial charge in [0.15, 0.2) is 5.78 Å². The Morgan fingerprint density at radius 1 is 1.43 bits per heavy atom. The van der Waals surface area contributed by atoms with Crippen LogP contribution in [0.1, 0.15) is 52.4 Å². The van der Waals surface area contributed by atoms with Crippen molar-refractivity contribution in [3.05, 3.63) is 0 Å². The molecular formula is C12H22O2. The standard InChI is InChI=1S/C12H22O2/c1-3-5-11(13)9-14-12-7-4-6-10(2)8-12/h10,12H,3-9H2,1-2H3. The summed E-state index contributed by atoms with van der Waals surface area (Å²) in [6.45, 7) is 4.63. The lowest BCUT2D eigenvalue weighted by molar-refractivity contribution is -0.126. The van der Waals surface area contributed by atoms with Gasteiger partial charge in [-0.25, -0.2) is 0 Å². The van der Waals surface area contributed by atoms with Crippen LogP contribution >= 0.6 is 0 Å². The fourth-order valence-corrected chi connectivity index (χ4v) is 2.09. The van der Waals surface area contributed by atoms with Gasteiger partial charge in [0.25, 0.3) is 0 Å². The first-order valence-corrected chi connectivity index (χ1v) is 5.85. The Bertz CT molecular complexity index is 177. The molecule has 0 aliphatic heterocycles. The molecule has 0 heterocycles. The van der Waals surface area contributed by atoms with Gasteiger partial charge in [-0.05, 0) is 25.2 Å². The van der Waals surface area contributed by atoms with Crippen molar-refractivity contribution >= 4 is 5.78 Å². The van der Waals surface area contributed by atoms with Crippen LogP contribution in [0.4, 0.5) is 0 Å². The molecule has 0 radical (unpaired) electrons. The average molecular weight is 198 g/mol. The molecule has 1 fully saturated rings. The molecule has 82 valence electrons. The van der Waals surface area contributed by atoms with Crippen molar-refractivity contribution < 1.29 is 9.53 Å². The molecular weight excluding hydrogens is 176 g/mol. The summed E-state index contributed by atoms with van der Waals surface area (Å²) in [5.41, 5.74) is 0. The van der Waals surface area contributed by atoms with Gasteiger partial charge in [0.1, 0.15) is 6.61 Å². The summed E-state index contributed by atoms with van der Waals surface area (Å²) in [7, 11) is 0. The van der Waals surface area contributed by atoms with E-state index in [4.69, 9.17) is 4.74 Å². The highest BCUT2D eigenvalue weighted by molar-refractivity contribution is 5.79. The van der Waals surface area contributed by atoms with Crippen molar-refractivity contribution in [3.8, 4) is 0 Å². The second-order valence-corrected chi connectivity index (χ2v) is 4.49. The van der Waals surface area contributed by atoms with Gasteiger partial charge in [-0.1, -0.05) is 26.7 Å². The second kappa shape index (κ2) is 6.18. The zero-order valence-corrected chi connectivity index (χ0v) is 9.42. The molecule has 1 aliphatic carbocycles. The molecule has 2 atom stereocenters. The first-order valence-electron chi connectivity index (χ1n) is 5.85. The van der Waals surface area contributed by atoms with Crippen LogP contribution in [0.3, 0.4) is 0 Å². The van der Waals surface area contributed by atoms with Gasteiger partial charge >= 0.3 is 0 Å². The van der Waals surface area contributed by atoms with Gasteiger partial charge in [0, 0.05) is 6.42 Å². The van der Waals surface area contributed by atoms with Crippen LogP contribution in [-0.4, -0.2) is 18.5 Å². The van der Waals surface area contributed by atoms with E-state index in [1.165, 1.54) is 12.8 Å². The Hall–Kier alpha value is -0.370. The number of ether oxygens (including phenoxy) is 1. The van der Waals surface area contributed by atoms with E-state index in [-0.39, 0.29) is 5.78 Å². The highest BCUT2D eigenvalue weighted by atomic mass is 16.5. The summed E-state index contributed by atoms with van der Waals surface area (Å²) in [5.74, 6) is 1.03. The number of ketones is 1. The maximum Gasteiger partial charge on any atom is 0.158 e. The predicted octanol–water partition coefficient (Wildman–Crippen LogP) is 2.95. The third kappa shape index (κ3) is 4.23. The Kier molecular flexibility index (Phi) is 5.16. The van der Waals surface area contributed by atoms with E-state index in [9.17, 15) is 4.79 Å². The summed E-state index contributed by atoms with van der Waals surface area (Å²) >= 11 is 0. The smallest absolute Gasteiger partial charge is 0.158 e. The monoisotopic (exact) mass is 198 g/mol. The second-order valence-electron chi connectivity index (χ2n) is 4.49. The van der Waals surface area contributed by atoms with Crippen molar-refractivity contribution in [2.45, 2.75) is 58.5 Å². The third-order valence-corrected chi connectivity index (χ3v) is 2.90. The molecule has 0 aromatic rings. The minimum atomic E-state index is 0.255. The fourth-order valence-electron chi connectivity index (χ4n) is 2.09. The van der Waals surface area contributed by atoms with Crippen LogP contribution in [0.2, 0.25) is 0 Å². The molecule has 2 nitrogen and oxygen atoms in total. The van der Waals surface area contributed by atoms with Crippen molar-refractivity contribution in [1.82, 2.24) is 0 Å². The van der Waals surface area contributed by atoms with Crippen LogP contribution in [0.25, 0.3) is 0 Å². The maximum atomic E-state index is 11.2. The SMILES string of the molecule is CCCC(=O)COC1CCCC(C)C1. The van der Waals surface area contributed by atoms with E-state index >= 15 is 0 Å². The summed E-state index contributed by atoms with van der Waals surface area (Å²) in [6, 6.07) is 0. The van der Waals surface area contributed by atoms with Crippen LogP contribution in [-0.2, 0) is 9.53 Å². The molecule has 2 unspecified atom stereocenters. The molecule has 0 saturated heterocycles. The molecule has 0 aromatic heterocycles. The van der Waals surface area contributed by atoms with Gasteiger partial charge in [0.05, 0.1) is 6.10 Å². The largest absolute Gasteiger partial charge is 0.370 e. The zero-order valence-electron chi connectivity index (χ0n) is 9.42. The summed E-state index contributed by atoms with van der Waals surface area (Å²) in [6.07, 6.45) is 6.81. The molecule has 0 spiro atoms. The molecule has 2 heteroatoms. The van der Waals surface area contributed by atoms with Crippen molar-refractivity contribution in [3.63, 3.8) is 0 Å². The van der Waals surface area contributed by atoms with Crippen molar-refractivity contribution in [1.29, 1.82) is 0 Å². The Morgan fingerprint density at radius 2 is 2.21 bits per heavy atom. The van der Waals surface area contributed by atoms with Crippen LogP contribution < -0.4 is 0 Å². The number of rotatable bonds is 5. The molecule has 1 rings (SSSR count). The molecule has 1 saturated carbocycles. The maximum absolute atomic E-state index is 11.2.